The Balaban J connectivity index is 2.80. The van der Waals surface area contributed by atoms with Crippen LogP contribution in [0.2, 0.25) is 0 Å². The maximum Gasteiger partial charge on any atom is 0.417 e. The lowest BCUT2D eigenvalue weighted by molar-refractivity contribution is 0.555. The van der Waals surface area contributed by atoms with Crippen LogP contribution in [-0.2, 0) is 0 Å². The van der Waals surface area contributed by atoms with Crippen LogP contribution in [0.5, 0.6) is 0 Å². The minimum absolute atomic E-state index is 0.470. The fourth-order valence-corrected chi connectivity index (χ4v) is 1.23. The highest BCUT2D eigenvalue weighted by Gasteiger charge is 2.04. The topological polar surface area (TPSA) is 84.0 Å². The van der Waals surface area contributed by atoms with Crippen molar-refractivity contribution in [2.45, 2.75) is 0 Å². The van der Waals surface area contributed by atoms with Gasteiger partial charge in [-0.25, -0.2) is 4.79 Å². The number of nitrogens with one attached hydrogen (secondary N) is 2. The molecule has 0 unspecified atom stereocenters. The molecule has 5 heteroatoms. The number of aromatic nitrogens is 1. The van der Waals surface area contributed by atoms with Crippen LogP contribution in [0.15, 0.2) is 21.3 Å². The number of aromatic amines is 1. The minimum atomic E-state index is -0.470. The van der Waals surface area contributed by atoms with Gasteiger partial charge in [0.2, 0.25) is 0 Å². The van der Waals surface area contributed by atoms with Crippen molar-refractivity contribution < 1.29 is 4.42 Å². The average molecular weight is 179 g/mol. The lowest BCUT2D eigenvalue weighted by Gasteiger charge is -2.02. The Bertz CT molecular complexity index is 498. The number of anilines is 2. The molecule has 68 valence electrons. The molecule has 0 saturated heterocycles. The van der Waals surface area contributed by atoms with Gasteiger partial charge in [0.1, 0.15) is 0 Å². The lowest BCUT2D eigenvalue weighted by Crippen LogP contribution is -1.95. The van der Waals surface area contributed by atoms with E-state index in [2.05, 4.69) is 10.3 Å². The maximum absolute atomic E-state index is 10.8. The highest BCUT2D eigenvalue weighted by atomic mass is 16.4. The monoisotopic (exact) mass is 179 g/mol. The Morgan fingerprint density at radius 1 is 1.54 bits per heavy atom. The molecular formula is C8H9N3O2. The normalized spacial score (nSPS) is 10.5. The van der Waals surface area contributed by atoms with E-state index in [4.69, 9.17) is 10.2 Å². The SMILES string of the molecule is CNc1cc2[nH]c(=O)oc2cc1N. The van der Waals surface area contributed by atoms with E-state index >= 15 is 0 Å². The molecule has 0 radical (unpaired) electrons. The van der Waals surface area contributed by atoms with Crippen LogP contribution in [-0.4, -0.2) is 12.0 Å². The third-order valence-electron chi connectivity index (χ3n) is 1.86. The molecule has 0 spiro atoms. The van der Waals surface area contributed by atoms with E-state index in [0.29, 0.717) is 16.8 Å². The summed E-state index contributed by atoms with van der Waals surface area (Å²) >= 11 is 0. The van der Waals surface area contributed by atoms with Gasteiger partial charge >= 0.3 is 5.76 Å². The number of nitrogens with two attached hydrogens (primary N) is 1. The molecular weight excluding hydrogens is 170 g/mol. The van der Waals surface area contributed by atoms with Gasteiger partial charge in [0.25, 0.3) is 0 Å². The van der Waals surface area contributed by atoms with E-state index in [9.17, 15) is 4.79 Å². The molecule has 2 rings (SSSR count). The molecule has 0 aliphatic rings. The number of H-pyrrole nitrogens is 1. The first-order chi connectivity index (χ1) is 6.20. The molecule has 0 bridgehead atoms. The fourth-order valence-electron chi connectivity index (χ4n) is 1.23. The summed E-state index contributed by atoms with van der Waals surface area (Å²) in [4.78, 5) is 13.4. The molecule has 0 amide bonds. The van der Waals surface area contributed by atoms with Crippen molar-refractivity contribution in [2.75, 3.05) is 18.1 Å². The zero-order chi connectivity index (χ0) is 9.42. The summed E-state index contributed by atoms with van der Waals surface area (Å²) in [6.45, 7) is 0. The summed E-state index contributed by atoms with van der Waals surface area (Å²) in [5.74, 6) is -0.470. The predicted octanol–water partition coefficient (Wildman–Crippen LogP) is 0.745. The number of hydrogen-bond acceptors (Lipinski definition) is 4. The lowest BCUT2D eigenvalue weighted by atomic mass is 10.2. The van der Waals surface area contributed by atoms with Gasteiger partial charge in [-0.05, 0) is 6.07 Å². The minimum Gasteiger partial charge on any atom is -0.408 e. The Morgan fingerprint density at radius 3 is 3.00 bits per heavy atom. The van der Waals surface area contributed by atoms with E-state index in [1.165, 1.54) is 0 Å². The van der Waals surface area contributed by atoms with Gasteiger partial charge in [-0.3, -0.25) is 4.98 Å². The van der Waals surface area contributed by atoms with Gasteiger partial charge in [-0.1, -0.05) is 0 Å². The Morgan fingerprint density at radius 2 is 2.31 bits per heavy atom. The van der Waals surface area contributed by atoms with E-state index < -0.39 is 5.76 Å². The summed E-state index contributed by atoms with van der Waals surface area (Å²) in [7, 11) is 1.76. The number of nitrogen functional groups attached to an aromatic ring is 1. The van der Waals surface area contributed by atoms with Gasteiger partial charge in [-0.15, -0.1) is 0 Å². The Kier molecular flexibility index (Phi) is 1.51. The molecule has 1 aromatic heterocycles. The number of benzene rings is 1. The van der Waals surface area contributed by atoms with Crippen LogP contribution in [0.3, 0.4) is 0 Å². The van der Waals surface area contributed by atoms with Crippen molar-refractivity contribution in [3.63, 3.8) is 0 Å². The van der Waals surface area contributed by atoms with Crippen LogP contribution in [0, 0.1) is 0 Å². The molecule has 13 heavy (non-hydrogen) atoms. The van der Waals surface area contributed by atoms with Crippen molar-refractivity contribution >= 4 is 22.5 Å². The molecule has 2 aromatic rings. The summed E-state index contributed by atoms with van der Waals surface area (Å²) < 4.78 is 4.83. The molecule has 0 aliphatic heterocycles. The summed E-state index contributed by atoms with van der Waals surface area (Å²) in [6.07, 6.45) is 0. The first kappa shape index (κ1) is 7.72. The third kappa shape index (κ3) is 1.14. The fraction of sp³-hybridized carbons (Fsp3) is 0.125. The van der Waals surface area contributed by atoms with Gasteiger partial charge < -0.3 is 15.5 Å². The van der Waals surface area contributed by atoms with Gasteiger partial charge in [-0.2, -0.15) is 0 Å². The van der Waals surface area contributed by atoms with Gasteiger partial charge in [0.05, 0.1) is 16.9 Å². The second kappa shape index (κ2) is 2.55. The first-order valence-electron chi connectivity index (χ1n) is 3.81. The Labute approximate surface area is 73.5 Å². The second-order valence-corrected chi connectivity index (χ2v) is 2.70. The van der Waals surface area contributed by atoms with E-state index in [1.54, 1.807) is 19.2 Å². The van der Waals surface area contributed by atoms with Crippen molar-refractivity contribution in [2.24, 2.45) is 0 Å². The van der Waals surface area contributed by atoms with E-state index in [0.717, 1.165) is 5.69 Å². The van der Waals surface area contributed by atoms with Crippen LogP contribution in [0.25, 0.3) is 11.1 Å². The van der Waals surface area contributed by atoms with Gasteiger partial charge in [0, 0.05) is 13.1 Å². The highest BCUT2D eigenvalue weighted by molar-refractivity contribution is 5.84. The standard InChI is InChI=1S/C8H9N3O2/c1-10-5-3-6-7(2-4(5)9)13-8(12)11-6/h2-3,10H,9H2,1H3,(H,11,12). The van der Waals surface area contributed by atoms with Crippen LogP contribution < -0.4 is 16.8 Å². The van der Waals surface area contributed by atoms with Crippen molar-refractivity contribution in [3.8, 4) is 0 Å². The first-order valence-corrected chi connectivity index (χ1v) is 3.81. The van der Waals surface area contributed by atoms with Crippen molar-refractivity contribution in [3.05, 3.63) is 22.7 Å². The van der Waals surface area contributed by atoms with E-state index in [-0.39, 0.29) is 0 Å². The second-order valence-electron chi connectivity index (χ2n) is 2.70. The summed E-state index contributed by atoms with van der Waals surface area (Å²) in [5.41, 5.74) is 8.11. The largest absolute Gasteiger partial charge is 0.417 e. The third-order valence-corrected chi connectivity index (χ3v) is 1.86. The van der Waals surface area contributed by atoms with Crippen LogP contribution in [0.1, 0.15) is 0 Å². The molecule has 0 atom stereocenters. The molecule has 0 aliphatic carbocycles. The quantitative estimate of drug-likeness (QED) is 0.564. The Hall–Kier alpha value is -1.91. The summed E-state index contributed by atoms with van der Waals surface area (Å²) in [5, 5.41) is 2.91. The number of rotatable bonds is 1. The van der Waals surface area contributed by atoms with Crippen LogP contribution in [0.4, 0.5) is 11.4 Å². The van der Waals surface area contributed by atoms with Crippen molar-refractivity contribution in [1.29, 1.82) is 0 Å². The molecule has 5 nitrogen and oxygen atoms in total. The number of fused-ring (bicyclic) bond motifs is 1. The molecule has 0 saturated carbocycles. The van der Waals surface area contributed by atoms with Gasteiger partial charge in [0.15, 0.2) is 5.58 Å². The average Bonchev–Trinajstić information content (AvgIpc) is 2.42. The zero-order valence-electron chi connectivity index (χ0n) is 7.05. The number of oxazole rings is 1. The van der Waals surface area contributed by atoms with Crippen molar-refractivity contribution in [1.82, 2.24) is 4.98 Å². The molecule has 4 N–H and O–H groups in total. The zero-order valence-corrected chi connectivity index (χ0v) is 7.05. The highest BCUT2D eigenvalue weighted by Crippen LogP contribution is 2.23. The molecule has 1 aromatic carbocycles. The smallest absolute Gasteiger partial charge is 0.408 e. The van der Waals surface area contributed by atoms with Crippen LogP contribution >= 0.6 is 0 Å². The number of hydrogen-bond donors (Lipinski definition) is 3. The summed E-state index contributed by atoms with van der Waals surface area (Å²) in [6, 6.07) is 3.34. The maximum atomic E-state index is 10.8. The van der Waals surface area contributed by atoms with E-state index in [1.807, 2.05) is 0 Å². The molecule has 0 fully saturated rings. The predicted molar refractivity (Wildman–Crippen MR) is 50.8 cm³/mol. The molecule has 1 heterocycles.